The van der Waals surface area contributed by atoms with Crippen molar-refractivity contribution in [1.82, 2.24) is 15.2 Å². The normalized spacial score (nSPS) is 18.1. The van der Waals surface area contributed by atoms with Crippen LogP contribution in [0, 0.1) is 5.82 Å². The maximum Gasteiger partial charge on any atom is 0.341 e. The van der Waals surface area contributed by atoms with Gasteiger partial charge in [0.15, 0.2) is 0 Å². The van der Waals surface area contributed by atoms with E-state index in [0.717, 1.165) is 29.4 Å². The molecular weight excluding hydrogens is 479 g/mol. The fourth-order valence-corrected chi connectivity index (χ4v) is 5.06. The Morgan fingerprint density at radius 1 is 1.08 bits per heavy atom. The summed E-state index contributed by atoms with van der Waals surface area (Å²) in [6, 6.07) is 9.30. The molecule has 2 aliphatic heterocycles. The van der Waals surface area contributed by atoms with E-state index in [1.807, 2.05) is 6.20 Å². The Morgan fingerprint density at radius 3 is 2.62 bits per heavy atom. The summed E-state index contributed by atoms with van der Waals surface area (Å²) in [6.45, 7) is 2.35. The molecule has 2 aliphatic rings. The summed E-state index contributed by atoms with van der Waals surface area (Å²) in [4.78, 5) is 42.5. The summed E-state index contributed by atoms with van der Waals surface area (Å²) in [5.74, 6) is -1.69. The number of amides is 2. The molecule has 1 atom stereocenters. The van der Waals surface area contributed by atoms with Crippen LogP contribution in [0.5, 0.6) is 5.75 Å². The number of hydrogen-bond acceptors (Lipinski definition) is 6. The lowest BCUT2D eigenvalue weighted by atomic mass is 9.89. The Hall–Kier alpha value is -3.92. The molecule has 2 amide bonds. The van der Waals surface area contributed by atoms with Gasteiger partial charge in [0.05, 0.1) is 7.11 Å². The predicted molar refractivity (Wildman–Crippen MR) is 135 cm³/mol. The minimum absolute atomic E-state index is 0.103. The lowest BCUT2D eigenvalue weighted by Crippen LogP contribution is -2.43. The molecule has 9 nitrogen and oxygen atoms in total. The summed E-state index contributed by atoms with van der Waals surface area (Å²) in [7, 11) is 1.29. The number of carbonyl (C=O) groups is 3. The summed E-state index contributed by atoms with van der Waals surface area (Å²) >= 11 is 0. The van der Waals surface area contributed by atoms with Crippen LogP contribution in [0.3, 0.4) is 0 Å². The molecule has 2 saturated heterocycles. The number of hydrogen-bond donors (Lipinski definition) is 3. The molecule has 0 saturated carbocycles. The van der Waals surface area contributed by atoms with Crippen LogP contribution in [-0.2, 0) is 14.3 Å². The number of halogens is 1. The quantitative estimate of drug-likeness (QED) is 0.361. The average Bonchev–Trinajstić information content (AvgIpc) is 3.58. The molecule has 1 unspecified atom stereocenters. The van der Waals surface area contributed by atoms with Crippen LogP contribution in [0.2, 0.25) is 0 Å². The van der Waals surface area contributed by atoms with Crippen molar-refractivity contribution in [2.24, 2.45) is 0 Å². The van der Waals surface area contributed by atoms with Crippen LogP contribution in [-0.4, -0.2) is 67.1 Å². The Morgan fingerprint density at radius 2 is 1.89 bits per heavy atom. The second-order valence-corrected chi connectivity index (χ2v) is 9.39. The van der Waals surface area contributed by atoms with E-state index in [1.165, 1.54) is 25.3 Å². The Kier molecular flexibility index (Phi) is 7.09. The van der Waals surface area contributed by atoms with Gasteiger partial charge in [-0.2, -0.15) is 0 Å². The zero-order valence-corrected chi connectivity index (χ0v) is 20.5. The van der Waals surface area contributed by atoms with Crippen molar-refractivity contribution in [3.8, 4) is 5.75 Å². The highest BCUT2D eigenvalue weighted by atomic mass is 19.1. The minimum atomic E-state index is -0.750. The van der Waals surface area contributed by atoms with Gasteiger partial charge in [0, 0.05) is 48.5 Å². The van der Waals surface area contributed by atoms with E-state index in [-0.39, 0.29) is 23.4 Å². The summed E-state index contributed by atoms with van der Waals surface area (Å²) in [6.07, 6.45) is 3.99. The number of benzene rings is 2. The number of rotatable bonds is 5. The maximum absolute atomic E-state index is 13.5. The first kappa shape index (κ1) is 24.8. The standard InChI is InChI=1S/C27H29FN4O5/c1-36-27(35)21-5-3-18(13-24(21)37-19-6-9-29-14-19)31-25(33)26(34)32-10-7-16(8-11-32)22-15-30-23-12-17(28)2-4-20(22)23/h2-5,12-13,15-16,19,29-30H,6-11,14H2,1H3,(H,31,33). The number of carbonyl (C=O) groups excluding carboxylic acids is 3. The number of aromatic nitrogens is 1. The van der Waals surface area contributed by atoms with Gasteiger partial charge in [-0.25, -0.2) is 9.18 Å². The molecule has 0 bridgehead atoms. The number of nitrogens with zero attached hydrogens (tertiary/aromatic N) is 1. The molecule has 2 fully saturated rings. The van der Waals surface area contributed by atoms with Gasteiger partial charge in [-0.05, 0) is 67.6 Å². The lowest BCUT2D eigenvalue weighted by Gasteiger charge is -2.31. The average molecular weight is 509 g/mol. The molecule has 0 aliphatic carbocycles. The Labute approximate surface area is 213 Å². The van der Waals surface area contributed by atoms with Gasteiger partial charge in [-0.1, -0.05) is 0 Å². The van der Waals surface area contributed by atoms with E-state index >= 15 is 0 Å². The Balaban J connectivity index is 1.22. The van der Waals surface area contributed by atoms with Crippen molar-refractivity contribution in [2.45, 2.75) is 31.3 Å². The second-order valence-electron chi connectivity index (χ2n) is 9.39. The Bertz CT molecular complexity index is 1330. The molecule has 3 N–H and O–H groups in total. The molecule has 0 radical (unpaired) electrons. The fourth-order valence-electron chi connectivity index (χ4n) is 5.06. The number of ether oxygens (including phenoxy) is 2. The summed E-state index contributed by atoms with van der Waals surface area (Å²) < 4.78 is 24.3. The number of piperidine rings is 1. The van der Waals surface area contributed by atoms with Gasteiger partial charge in [0.2, 0.25) is 0 Å². The van der Waals surface area contributed by atoms with Crippen LogP contribution in [0.4, 0.5) is 10.1 Å². The van der Waals surface area contributed by atoms with Crippen LogP contribution in [0.15, 0.2) is 42.6 Å². The fraction of sp³-hybridized carbons (Fsp3) is 0.370. The highest BCUT2D eigenvalue weighted by molar-refractivity contribution is 6.39. The van der Waals surface area contributed by atoms with Crippen LogP contribution < -0.4 is 15.4 Å². The topological polar surface area (TPSA) is 113 Å². The van der Waals surface area contributed by atoms with Gasteiger partial charge >= 0.3 is 17.8 Å². The lowest BCUT2D eigenvalue weighted by molar-refractivity contribution is -0.143. The van der Waals surface area contributed by atoms with Gasteiger partial charge in [-0.15, -0.1) is 0 Å². The number of H-pyrrole nitrogens is 1. The number of aromatic amines is 1. The molecule has 3 aromatic rings. The van der Waals surface area contributed by atoms with Gasteiger partial charge in [-0.3, -0.25) is 9.59 Å². The molecule has 0 spiro atoms. The van der Waals surface area contributed by atoms with Crippen molar-refractivity contribution in [3.05, 3.63) is 59.5 Å². The van der Waals surface area contributed by atoms with Crippen LogP contribution >= 0.6 is 0 Å². The maximum atomic E-state index is 13.5. The van der Waals surface area contributed by atoms with E-state index in [0.29, 0.717) is 43.9 Å². The molecule has 5 rings (SSSR count). The van der Waals surface area contributed by atoms with E-state index < -0.39 is 17.8 Å². The van der Waals surface area contributed by atoms with Gasteiger partial charge in [0.25, 0.3) is 0 Å². The molecule has 194 valence electrons. The number of esters is 1. The highest BCUT2D eigenvalue weighted by Gasteiger charge is 2.29. The SMILES string of the molecule is COC(=O)c1ccc(NC(=O)C(=O)N2CCC(c3c[nH]c4cc(F)ccc34)CC2)cc1OC1CCNC1. The largest absolute Gasteiger partial charge is 0.488 e. The van der Waals surface area contributed by atoms with Crippen molar-refractivity contribution < 1.29 is 28.2 Å². The minimum Gasteiger partial charge on any atom is -0.488 e. The van der Waals surface area contributed by atoms with Gasteiger partial charge in [0.1, 0.15) is 23.2 Å². The molecule has 2 aromatic carbocycles. The van der Waals surface area contributed by atoms with Crippen molar-refractivity contribution in [1.29, 1.82) is 0 Å². The third-order valence-electron chi connectivity index (χ3n) is 7.05. The smallest absolute Gasteiger partial charge is 0.341 e. The van der Waals surface area contributed by atoms with Crippen molar-refractivity contribution in [2.75, 3.05) is 38.6 Å². The third kappa shape index (κ3) is 5.29. The number of anilines is 1. The van der Waals surface area contributed by atoms with E-state index in [4.69, 9.17) is 9.47 Å². The molecular formula is C27H29FN4O5. The van der Waals surface area contributed by atoms with Crippen LogP contribution in [0.1, 0.15) is 41.1 Å². The van der Waals surface area contributed by atoms with Crippen molar-refractivity contribution in [3.63, 3.8) is 0 Å². The predicted octanol–water partition coefficient (Wildman–Crippen LogP) is 3.18. The number of nitrogens with one attached hydrogen (secondary N) is 3. The molecule has 1 aromatic heterocycles. The zero-order valence-electron chi connectivity index (χ0n) is 20.5. The van der Waals surface area contributed by atoms with Crippen molar-refractivity contribution >= 4 is 34.4 Å². The first-order valence-electron chi connectivity index (χ1n) is 12.4. The van der Waals surface area contributed by atoms with Gasteiger partial charge < -0.3 is 30.0 Å². The van der Waals surface area contributed by atoms with E-state index in [1.54, 1.807) is 23.1 Å². The van der Waals surface area contributed by atoms with E-state index in [9.17, 15) is 18.8 Å². The zero-order chi connectivity index (χ0) is 25.9. The summed E-state index contributed by atoms with van der Waals surface area (Å²) in [5.41, 5.74) is 2.45. The first-order chi connectivity index (χ1) is 17.9. The van der Waals surface area contributed by atoms with E-state index in [2.05, 4.69) is 15.6 Å². The van der Waals surface area contributed by atoms with Crippen LogP contribution in [0.25, 0.3) is 10.9 Å². The molecule has 10 heteroatoms. The highest BCUT2D eigenvalue weighted by Crippen LogP contribution is 2.33. The monoisotopic (exact) mass is 508 g/mol. The number of fused-ring (bicyclic) bond motifs is 1. The second kappa shape index (κ2) is 10.6. The number of likely N-dealkylation sites (tertiary alicyclic amines) is 1. The first-order valence-corrected chi connectivity index (χ1v) is 12.4. The summed E-state index contributed by atoms with van der Waals surface area (Å²) in [5, 5.41) is 6.81. The third-order valence-corrected chi connectivity index (χ3v) is 7.05. The number of methoxy groups -OCH3 is 1. The molecule has 37 heavy (non-hydrogen) atoms. The molecule has 3 heterocycles.